The fraction of sp³-hybridized carbons (Fsp3) is 0.160. The van der Waals surface area contributed by atoms with Crippen molar-refractivity contribution in [3.63, 3.8) is 0 Å². The summed E-state index contributed by atoms with van der Waals surface area (Å²) in [5, 5.41) is 12.5. The van der Waals surface area contributed by atoms with Crippen molar-refractivity contribution >= 4 is 28.2 Å². The predicted octanol–water partition coefficient (Wildman–Crippen LogP) is 4.53. The monoisotopic (exact) mass is 486 g/mol. The van der Waals surface area contributed by atoms with Gasteiger partial charge in [-0.05, 0) is 54.4 Å². The van der Waals surface area contributed by atoms with Gasteiger partial charge in [0.25, 0.3) is 5.91 Å². The topological polar surface area (TPSA) is 97.5 Å². The van der Waals surface area contributed by atoms with Crippen LogP contribution in [-0.4, -0.2) is 21.8 Å². The number of rotatable bonds is 5. The SMILES string of the molecule is Cc1cc(C(O)(c2cn(C)c3c(C(N)=O)cccc23)C(F)(F)F)ccc1N(N)c1ccc(F)cc1. The molecule has 10 heteroatoms. The lowest BCUT2D eigenvalue weighted by Crippen LogP contribution is -2.43. The van der Waals surface area contributed by atoms with Crippen molar-refractivity contribution in [2.75, 3.05) is 5.01 Å². The van der Waals surface area contributed by atoms with Crippen LogP contribution in [0.3, 0.4) is 0 Å². The summed E-state index contributed by atoms with van der Waals surface area (Å²) in [6.45, 7) is 1.55. The third-order valence-electron chi connectivity index (χ3n) is 6.05. The van der Waals surface area contributed by atoms with Crippen molar-refractivity contribution in [3.8, 4) is 0 Å². The van der Waals surface area contributed by atoms with Gasteiger partial charge in [-0.1, -0.05) is 24.3 Å². The summed E-state index contributed by atoms with van der Waals surface area (Å²) in [7, 11) is 1.47. The van der Waals surface area contributed by atoms with E-state index >= 15 is 0 Å². The summed E-state index contributed by atoms with van der Waals surface area (Å²) in [4.78, 5) is 11.9. The van der Waals surface area contributed by atoms with Gasteiger partial charge < -0.3 is 15.4 Å². The quantitative estimate of drug-likeness (QED) is 0.219. The van der Waals surface area contributed by atoms with Crippen molar-refractivity contribution in [1.82, 2.24) is 4.57 Å². The fourth-order valence-electron chi connectivity index (χ4n) is 4.32. The molecule has 4 aromatic rings. The second-order valence-electron chi connectivity index (χ2n) is 8.28. The Balaban J connectivity index is 1.89. The highest BCUT2D eigenvalue weighted by Gasteiger charge is 2.57. The van der Waals surface area contributed by atoms with E-state index in [1.165, 1.54) is 71.2 Å². The number of anilines is 2. The maximum atomic E-state index is 14.5. The molecule has 0 fully saturated rings. The number of aryl methyl sites for hydroxylation is 2. The minimum absolute atomic E-state index is 0.0328. The number of carbonyl (C=O) groups is 1. The highest BCUT2D eigenvalue weighted by molar-refractivity contribution is 6.06. The largest absolute Gasteiger partial charge is 0.425 e. The first-order valence-corrected chi connectivity index (χ1v) is 10.4. The maximum absolute atomic E-state index is 14.5. The van der Waals surface area contributed by atoms with Gasteiger partial charge in [-0.2, -0.15) is 13.2 Å². The molecule has 0 radical (unpaired) electrons. The average molecular weight is 486 g/mol. The van der Waals surface area contributed by atoms with Crippen LogP contribution in [0.5, 0.6) is 0 Å². The molecule has 0 saturated heterocycles. The Morgan fingerprint density at radius 1 is 1.06 bits per heavy atom. The number of amides is 1. The molecule has 35 heavy (non-hydrogen) atoms. The molecular weight excluding hydrogens is 464 g/mol. The summed E-state index contributed by atoms with van der Waals surface area (Å²) in [6.07, 6.45) is -3.97. The van der Waals surface area contributed by atoms with Crippen LogP contribution < -0.4 is 16.6 Å². The van der Waals surface area contributed by atoms with Crippen LogP contribution in [0.15, 0.2) is 66.9 Å². The van der Waals surface area contributed by atoms with E-state index in [0.717, 1.165) is 12.3 Å². The Labute approximate surface area is 197 Å². The molecule has 0 saturated carbocycles. The molecule has 0 aliphatic carbocycles. The van der Waals surface area contributed by atoms with E-state index in [4.69, 9.17) is 11.6 Å². The first kappa shape index (κ1) is 24.2. The number of nitrogens with zero attached hydrogens (tertiary/aromatic N) is 2. The number of fused-ring (bicyclic) bond motifs is 1. The minimum atomic E-state index is -5.11. The van der Waals surface area contributed by atoms with Crippen LogP contribution in [0.1, 0.15) is 27.0 Å². The van der Waals surface area contributed by atoms with Crippen molar-refractivity contribution in [1.29, 1.82) is 0 Å². The van der Waals surface area contributed by atoms with Crippen molar-refractivity contribution < 1.29 is 27.5 Å². The number of hydrogen-bond donors (Lipinski definition) is 3. The van der Waals surface area contributed by atoms with E-state index in [1.54, 1.807) is 6.92 Å². The van der Waals surface area contributed by atoms with Crippen LogP contribution in [-0.2, 0) is 12.6 Å². The van der Waals surface area contributed by atoms with Crippen molar-refractivity contribution in [2.24, 2.45) is 18.6 Å². The highest BCUT2D eigenvalue weighted by atomic mass is 19.4. The third kappa shape index (κ3) is 3.90. The van der Waals surface area contributed by atoms with E-state index in [0.29, 0.717) is 16.9 Å². The van der Waals surface area contributed by atoms with E-state index in [9.17, 15) is 27.5 Å². The summed E-state index contributed by atoms with van der Waals surface area (Å²) in [6, 6.07) is 13.2. The Bertz CT molecular complexity index is 1430. The lowest BCUT2D eigenvalue weighted by Gasteiger charge is -2.32. The van der Waals surface area contributed by atoms with Crippen LogP contribution in [0.25, 0.3) is 10.9 Å². The number of aromatic nitrogens is 1. The van der Waals surface area contributed by atoms with E-state index < -0.39 is 34.6 Å². The summed E-state index contributed by atoms with van der Waals surface area (Å²) >= 11 is 0. The third-order valence-corrected chi connectivity index (χ3v) is 6.05. The second-order valence-corrected chi connectivity index (χ2v) is 8.28. The van der Waals surface area contributed by atoms with E-state index in [2.05, 4.69) is 0 Å². The number of hydrogen-bond acceptors (Lipinski definition) is 4. The maximum Gasteiger partial charge on any atom is 0.425 e. The number of halogens is 4. The zero-order valence-electron chi connectivity index (χ0n) is 18.8. The van der Waals surface area contributed by atoms with Gasteiger partial charge in [0.2, 0.25) is 5.60 Å². The molecule has 1 atom stereocenters. The Kier molecular flexibility index (Phi) is 5.82. The fourth-order valence-corrected chi connectivity index (χ4v) is 4.32. The van der Waals surface area contributed by atoms with Gasteiger partial charge in [0.15, 0.2) is 0 Å². The highest BCUT2D eigenvalue weighted by Crippen LogP contribution is 2.48. The lowest BCUT2D eigenvalue weighted by molar-refractivity contribution is -0.247. The number of nitrogens with two attached hydrogens (primary N) is 2. The van der Waals surface area contributed by atoms with Gasteiger partial charge in [-0.15, -0.1) is 0 Å². The molecular formula is C25H22F4N4O2. The number of benzene rings is 3. The van der Waals surface area contributed by atoms with Gasteiger partial charge in [0.05, 0.1) is 22.5 Å². The standard InChI is InChI=1S/C25H22F4N4O2/c1-14-12-15(6-11-21(14)33(31)17-9-7-16(26)8-10-17)24(35,25(27,28)29)20-13-32(2)22-18(20)4-3-5-19(22)23(30)34/h3-13,35H,31H2,1-2H3,(H2,30,34). The zero-order valence-corrected chi connectivity index (χ0v) is 18.8. The molecule has 5 N–H and O–H groups in total. The predicted molar refractivity (Wildman–Crippen MR) is 124 cm³/mol. The second kappa shape index (κ2) is 8.40. The number of aliphatic hydroxyl groups is 1. The zero-order chi connectivity index (χ0) is 25.7. The smallest absolute Gasteiger partial charge is 0.372 e. The van der Waals surface area contributed by atoms with Gasteiger partial charge >= 0.3 is 6.18 Å². The number of hydrazine groups is 1. The average Bonchev–Trinajstić information content (AvgIpc) is 3.14. The number of alkyl halides is 3. The van der Waals surface area contributed by atoms with Gasteiger partial charge in [-0.25, -0.2) is 10.2 Å². The Morgan fingerprint density at radius 3 is 2.29 bits per heavy atom. The minimum Gasteiger partial charge on any atom is -0.372 e. The van der Waals surface area contributed by atoms with E-state index in [1.807, 2.05) is 0 Å². The summed E-state index contributed by atoms with van der Waals surface area (Å²) in [5.41, 5.74) is 2.46. The molecule has 0 aliphatic rings. The van der Waals surface area contributed by atoms with Crippen LogP contribution in [0, 0.1) is 12.7 Å². The summed E-state index contributed by atoms with van der Waals surface area (Å²) < 4.78 is 58.2. The molecule has 1 aromatic heterocycles. The molecule has 0 aliphatic heterocycles. The van der Waals surface area contributed by atoms with Crippen LogP contribution >= 0.6 is 0 Å². The molecule has 4 rings (SSSR count). The van der Waals surface area contributed by atoms with Crippen LogP contribution in [0.2, 0.25) is 0 Å². The molecule has 0 spiro atoms. The lowest BCUT2D eigenvalue weighted by atomic mass is 9.84. The van der Waals surface area contributed by atoms with E-state index in [-0.39, 0.29) is 16.5 Å². The molecule has 3 aromatic carbocycles. The number of carbonyl (C=O) groups excluding carboxylic acids is 1. The van der Waals surface area contributed by atoms with Crippen molar-refractivity contribution in [2.45, 2.75) is 18.7 Å². The Hall–Kier alpha value is -3.89. The van der Waals surface area contributed by atoms with Gasteiger partial charge in [0, 0.05) is 24.2 Å². The Morgan fingerprint density at radius 2 is 1.71 bits per heavy atom. The number of para-hydroxylation sites is 1. The molecule has 1 heterocycles. The number of primary amides is 1. The first-order valence-electron chi connectivity index (χ1n) is 10.4. The van der Waals surface area contributed by atoms with Crippen LogP contribution in [0.4, 0.5) is 28.9 Å². The van der Waals surface area contributed by atoms with Gasteiger partial charge in [0.1, 0.15) is 5.82 Å². The molecule has 6 nitrogen and oxygen atoms in total. The molecule has 1 unspecified atom stereocenters. The summed E-state index contributed by atoms with van der Waals surface area (Å²) in [5.74, 6) is 4.86. The first-order chi connectivity index (χ1) is 16.4. The normalized spacial score (nSPS) is 13.6. The van der Waals surface area contributed by atoms with Crippen molar-refractivity contribution in [3.05, 3.63) is 94.9 Å². The molecule has 182 valence electrons. The molecule has 1 amide bonds. The van der Waals surface area contributed by atoms with Gasteiger partial charge in [-0.3, -0.25) is 9.80 Å². The molecule has 0 bridgehead atoms.